The number of hydrogen-bond acceptors (Lipinski definition) is 25. The summed E-state index contributed by atoms with van der Waals surface area (Å²) in [6, 6.07) is -3.83. The smallest absolute Gasteiger partial charge is 0.397 e. The van der Waals surface area contributed by atoms with Gasteiger partial charge in [0.1, 0.15) is 85.3 Å². The Kier molecular flexibility index (Phi) is 16.8. The summed E-state index contributed by atoms with van der Waals surface area (Å²) in [5.74, 6) is -5.82. The van der Waals surface area contributed by atoms with Gasteiger partial charge in [-0.1, -0.05) is 0 Å². The molecule has 4 aliphatic rings. The van der Waals surface area contributed by atoms with E-state index >= 15 is 0 Å². The van der Waals surface area contributed by atoms with Crippen molar-refractivity contribution in [1.82, 2.24) is 10.6 Å². The molecule has 2 amide bonds. The molecule has 0 aliphatic carbocycles. The van der Waals surface area contributed by atoms with Gasteiger partial charge in [0.05, 0.1) is 13.2 Å². The number of carbonyl (C=O) groups excluding carboxylic acids is 2. The predicted molar refractivity (Wildman–Crippen MR) is 179 cm³/mol. The fraction of sp³-hybridized carbons (Fsp3) is 0.857. The zero-order valence-corrected chi connectivity index (χ0v) is 32.7. The Hall–Kier alpha value is -2.98. The Morgan fingerprint density at radius 2 is 0.918 bits per heavy atom. The number of ether oxygens (including phenoxy) is 7. The molecule has 4 saturated heterocycles. The molecule has 0 aromatic carbocycles. The quantitative estimate of drug-likeness (QED) is 0.0639. The zero-order chi connectivity index (χ0) is 46.0. The number of aliphatic hydroxyl groups is 8. The zero-order valence-electron chi connectivity index (χ0n) is 31.1. The van der Waals surface area contributed by atoms with Gasteiger partial charge in [-0.15, -0.1) is 0 Å². The molecule has 0 aromatic heterocycles. The van der Waals surface area contributed by atoms with E-state index in [4.69, 9.17) is 37.7 Å². The van der Waals surface area contributed by atoms with Crippen LogP contribution in [0.1, 0.15) is 13.8 Å². The molecule has 352 valence electrons. The maximum Gasteiger partial charge on any atom is 0.397 e. The van der Waals surface area contributed by atoms with E-state index in [1.807, 2.05) is 0 Å². The normalized spacial score (nSPS) is 42.3. The SMILES string of the molecule is CC(=O)NC1[C@H](O[C@H]2C(C(=O)O)O[C@@H](O[C@@H]3C(NC(C)=O)[C@H](O)OC(COS(=O)(=O)O)[C@@H]3O)C(O)[C@H]2O)OC(COS(=O)(=O)O)[C@H](O)[C@@H]1O[C@@H]1OC(C(=O)O)[C@H](O)[C@H](O)C1O. The second-order valence-corrected chi connectivity index (χ2v) is 15.9. The van der Waals surface area contributed by atoms with Crippen LogP contribution in [0.4, 0.5) is 0 Å². The largest absolute Gasteiger partial charge is 0.479 e. The number of rotatable bonds is 16. The van der Waals surface area contributed by atoms with Crippen LogP contribution in [-0.4, -0.2) is 237 Å². The van der Waals surface area contributed by atoms with Crippen LogP contribution >= 0.6 is 0 Å². The van der Waals surface area contributed by atoms with Gasteiger partial charge in [0.25, 0.3) is 0 Å². The molecule has 0 bridgehead atoms. The Morgan fingerprint density at radius 3 is 1.38 bits per heavy atom. The third-order valence-corrected chi connectivity index (χ3v) is 10.2. The average molecular weight is 937 g/mol. The van der Waals surface area contributed by atoms with E-state index in [9.17, 15) is 91.6 Å². The van der Waals surface area contributed by atoms with Crippen LogP contribution in [0.5, 0.6) is 0 Å². The minimum atomic E-state index is -5.32. The predicted octanol–water partition coefficient (Wildman–Crippen LogP) is -9.62. The lowest BCUT2D eigenvalue weighted by molar-refractivity contribution is -0.368. The summed E-state index contributed by atoms with van der Waals surface area (Å²) >= 11 is 0. The fourth-order valence-corrected chi connectivity index (χ4v) is 7.19. The van der Waals surface area contributed by atoms with Gasteiger partial charge in [0.15, 0.2) is 37.4 Å². The van der Waals surface area contributed by atoms with E-state index < -0.39 is 180 Å². The molecular weight excluding hydrogens is 892 g/mol. The van der Waals surface area contributed by atoms with Crippen LogP contribution < -0.4 is 10.6 Å². The molecule has 61 heavy (non-hydrogen) atoms. The minimum absolute atomic E-state index is 0.861. The van der Waals surface area contributed by atoms with E-state index in [1.54, 1.807) is 0 Å². The first-order chi connectivity index (χ1) is 28.1. The molecule has 8 unspecified atom stereocenters. The molecule has 0 aromatic rings. The molecule has 4 rings (SSSR count). The lowest BCUT2D eigenvalue weighted by atomic mass is 9.94. The van der Waals surface area contributed by atoms with Crippen LogP contribution in [-0.2, 0) is 81.5 Å². The molecule has 4 heterocycles. The van der Waals surface area contributed by atoms with Gasteiger partial charge in [-0.3, -0.25) is 18.7 Å². The van der Waals surface area contributed by atoms with Crippen molar-refractivity contribution in [1.29, 1.82) is 0 Å². The maximum absolute atomic E-state index is 12.6. The monoisotopic (exact) mass is 936 g/mol. The Bertz CT molecular complexity index is 1790. The van der Waals surface area contributed by atoms with Gasteiger partial charge in [0.2, 0.25) is 11.8 Å². The molecule has 0 spiro atoms. The maximum atomic E-state index is 12.6. The lowest BCUT2D eigenvalue weighted by Crippen LogP contribution is -2.70. The van der Waals surface area contributed by atoms with E-state index in [0.29, 0.717) is 0 Å². The average Bonchev–Trinajstić information content (AvgIpc) is 3.13. The number of carboxylic acid groups (broad SMARTS) is 2. The Morgan fingerprint density at radius 1 is 0.508 bits per heavy atom. The van der Waals surface area contributed by atoms with Crippen LogP contribution in [0.3, 0.4) is 0 Å². The van der Waals surface area contributed by atoms with Gasteiger partial charge in [0, 0.05) is 13.8 Å². The highest BCUT2D eigenvalue weighted by atomic mass is 32.3. The highest BCUT2D eigenvalue weighted by Crippen LogP contribution is 2.35. The van der Waals surface area contributed by atoms with Crippen molar-refractivity contribution < 1.29 is 138 Å². The molecule has 33 heteroatoms. The number of nitrogens with one attached hydrogen (secondary N) is 2. The van der Waals surface area contributed by atoms with E-state index in [-0.39, 0.29) is 0 Å². The first kappa shape index (κ1) is 50.7. The summed E-state index contributed by atoms with van der Waals surface area (Å²) in [5, 5.41) is 110. The Labute approximate surface area is 342 Å². The molecule has 20 atom stereocenters. The molecule has 0 saturated carbocycles. The van der Waals surface area contributed by atoms with E-state index in [1.165, 1.54) is 0 Å². The first-order valence-electron chi connectivity index (χ1n) is 17.4. The van der Waals surface area contributed by atoms with Gasteiger partial charge >= 0.3 is 32.7 Å². The lowest BCUT2D eigenvalue weighted by Gasteiger charge is -2.49. The summed E-state index contributed by atoms with van der Waals surface area (Å²) in [5.41, 5.74) is 0. The number of carbonyl (C=O) groups is 4. The number of amides is 2. The van der Waals surface area contributed by atoms with Crippen molar-refractivity contribution in [2.45, 2.75) is 137 Å². The van der Waals surface area contributed by atoms with Gasteiger partial charge in [-0.05, 0) is 0 Å². The molecule has 4 aliphatic heterocycles. The van der Waals surface area contributed by atoms with Crippen molar-refractivity contribution in [3.63, 3.8) is 0 Å². The van der Waals surface area contributed by atoms with Crippen LogP contribution in [0.25, 0.3) is 0 Å². The van der Waals surface area contributed by atoms with Gasteiger partial charge in [-0.25, -0.2) is 18.0 Å². The fourth-order valence-electron chi connectivity index (χ4n) is 6.58. The molecule has 14 N–H and O–H groups in total. The minimum Gasteiger partial charge on any atom is -0.479 e. The third-order valence-electron chi connectivity index (χ3n) is 9.34. The number of carboxylic acids is 2. The highest BCUT2D eigenvalue weighted by Gasteiger charge is 2.57. The summed E-state index contributed by atoms with van der Waals surface area (Å²) in [6.45, 7) is -0.729. The molecule has 31 nitrogen and oxygen atoms in total. The molecule has 4 fully saturated rings. The van der Waals surface area contributed by atoms with E-state index in [2.05, 4.69) is 19.0 Å². The van der Waals surface area contributed by atoms with Crippen molar-refractivity contribution in [3.8, 4) is 0 Å². The summed E-state index contributed by atoms with van der Waals surface area (Å²) in [7, 11) is -10.5. The molecule has 0 radical (unpaired) electrons. The summed E-state index contributed by atoms with van der Waals surface area (Å²) < 4.78 is 109. The molecular formula is C28H44N2O29S2. The third kappa shape index (κ3) is 12.6. The second-order valence-electron chi connectivity index (χ2n) is 13.7. The van der Waals surface area contributed by atoms with Crippen molar-refractivity contribution in [3.05, 3.63) is 0 Å². The second kappa shape index (κ2) is 20.2. The number of aliphatic carboxylic acids is 2. The van der Waals surface area contributed by atoms with E-state index in [0.717, 1.165) is 13.8 Å². The topological polar surface area (TPSA) is 486 Å². The van der Waals surface area contributed by atoms with Crippen molar-refractivity contribution in [2.75, 3.05) is 13.2 Å². The van der Waals surface area contributed by atoms with Crippen LogP contribution in [0.2, 0.25) is 0 Å². The number of aliphatic hydroxyl groups excluding tert-OH is 8. The van der Waals surface area contributed by atoms with Crippen LogP contribution in [0.15, 0.2) is 0 Å². The van der Waals surface area contributed by atoms with Crippen molar-refractivity contribution >= 4 is 44.6 Å². The van der Waals surface area contributed by atoms with Crippen molar-refractivity contribution in [2.24, 2.45) is 0 Å². The summed E-state index contributed by atoms with van der Waals surface area (Å²) in [6.07, 6.45) is -40.8. The highest BCUT2D eigenvalue weighted by molar-refractivity contribution is 7.81. The van der Waals surface area contributed by atoms with Gasteiger partial charge in [-0.2, -0.15) is 16.8 Å². The standard InChI is InChI=1S/C28H44N2O29S2/c1-5(31)29-9-18(11(33)7(53-25(9)44)3-51-60(45,46)47)55-28-17(39)15(37)20(22(59-28)24(42)43)57-26-10(30-6(2)32)19(12(34)8(54-26)4-52-61(48,49)50)56-27-16(38)13(35)14(36)21(58-27)23(40)41/h7-22,25-28,33-39,44H,3-4H2,1-2H3,(H,29,31)(H,30,32)(H,40,41)(H,42,43)(H,45,46,47)(H,48,49,50)/t7?,8?,9?,10?,11-,12-,13-,14+,15+,16?,17?,18+,19+,20+,21?,22?,25+,26-,27+,28+/m0/s1. The summed E-state index contributed by atoms with van der Waals surface area (Å²) in [4.78, 5) is 48.7. The van der Waals surface area contributed by atoms with Crippen LogP contribution in [0, 0.1) is 0 Å². The van der Waals surface area contributed by atoms with Gasteiger partial charge < -0.3 is 94.9 Å². The number of hydrogen-bond donors (Lipinski definition) is 14. The first-order valence-corrected chi connectivity index (χ1v) is 20.1. The Balaban J connectivity index is 1.68.